The topological polar surface area (TPSA) is 105 Å². The Morgan fingerprint density at radius 1 is 1.20 bits per heavy atom. The lowest BCUT2D eigenvalue weighted by atomic mass is 9.95. The van der Waals surface area contributed by atoms with Crippen LogP contribution in [-0.4, -0.2) is 29.5 Å². The van der Waals surface area contributed by atoms with Crippen LogP contribution >= 0.6 is 0 Å². The molecule has 3 rings (SSSR count). The lowest BCUT2D eigenvalue weighted by Gasteiger charge is -2.19. The number of fused-ring (bicyclic) bond motifs is 1. The van der Waals surface area contributed by atoms with Crippen LogP contribution in [0.2, 0.25) is 0 Å². The van der Waals surface area contributed by atoms with Crippen molar-refractivity contribution in [2.24, 2.45) is 0 Å². The van der Waals surface area contributed by atoms with Gasteiger partial charge >= 0.3 is 5.97 Å². The van der Waals surface area contributed by atoms with Crippen molar-refractivity contribution in [1.82, 2.24) is 0 Å². The average Bonchev–Trinajstić information content (AvgIpc) is 2.60. The van der Waals surface area contributed by atoms with E-state index in [1.165, 1.54) is 0 Å². The number of rotatable bonds is 5. The Hall–Kier alpha value is -3.35. The van der Waals surface area contributed by atoms with Crippen LogP contribution in [0.3, 0.4) is 0 Å². The van der Waals surface area contributed by atoms with Gasteiger partial charge in [-0.15, -0.1) is 0 Å². The van der Waals surface area contributed by atoms with Crippen molar-refractivity contribution < 1.29 is 24.2 Å². The first-order chi connectivity index (χ1) is 12.0. The van der Waals surface area contributed by atoms with Crippen LogP contribution in [0.1, 0.15) is 17.9 Å². The summed E-state index contributed by atoms with van der Waals surface area (Å²) in [6, 6.07) is 13.4. The fourth-order valence-electron chi connectivity index (χ4n) is 2.59. The number of amides is 2. The van der Waals surface area contributed by atoms with E-state index in [4.69, 9.17) is 4.74 Å². The smallest absolute Gasteiger partial charge is 0.311 e. The predicted molar refractivity (Wildman–Crippen MR) is 90.6 cm³/mol. The van der Waals surface area contributed by atoms with Gasteiger partial charge in [0.05, 0.1) is 11.6 Å². The summed E-state index contributed by atoms with van der Waals surface area (Å²) in [6.07, 6.45) is -0.195. The van der Waals surface area contributed by atoms with E-state index in [-0.39, 0.29) is 18.9 Å². The maximum Gasteiger partial charge on any atom is 0.311 e. The van der Waals surface area contributed by atoms with E-state index in [0.717, 1.165) is 0 Å². The Morgan fingerprint density at radius 2 is 1.96 bits per heavy atom. The second-order valence-corrected chi connectivity index (χ2v) is 5.60. The molecular formula is C18H16N2O5. The predicted octanol–water partition coefficient (Wildman–Crippen LogP) is 2.21. The molecule has 1 atom stereocenters. The van der Waals surface area contributed by atoms with Crippen molar-refractivity contribution in [3.8, 4) is 5.75 Å². The third-order valence-electron chi connectivity index (χ3n) is 3.79. The zero-order valence-corrected chi connectivity index (χ0v) is 13.2. The summed E-state index contributed by atoms with van der Waals surface area (Å²) >= 11 is 0. The number of anilines is 2. The lowest BCUT2D eigenvalue weighted by Crippen LogP contribution is -2.25. The molecule has 2 amide bonds. The van der Waals surface area contributed by atoms with Gasteiger partial charge in [0.2, 0.25) is 5.91 Å². The monoisotopic (exact) mass is 340 g/mol. The van der Waals surface area contributed by atoms with Gasteiger partial charge in [0.1, 0.15) is 5.75 Å². The van der Waals surface area contributed by atoms with Crippen LogP contribution in [-0.2, 0) is 14.4 Å². The van der Waals surface area contributed by atoms with Gasteiger partial charge in [-0.05, 0) is 23.8 Å². The maximum absolute atomic E-state index is 12.2. The van der Waals surface area contributed by atoms with Gasteiger partial charge < -0.3 is 20.5 Å². The number of benzene rings is 2. The minimum absolute atomic E-state index is 0.0456. The zero-order valence-electron chi connectivity index (χ0n) is 13.2. The van der Waals surface area contributed by atoms with Crippen molar-refractivity contribution >= 4 is 29.2 Å². The van der Waals surface area contributed by atoms with E-state index in [1.807, 2.05) is 0 Å². The molecule has 0 unspecified atom stereocenters. The summed E-state index contributed by atoms with van der Waals surface area (Å²) in [5.41, 5.74) is 1.48. The van der Waals surface area contributed by atoms with E-state index < -0.39 is 17.8 Å². The van der Waals surface area contributed by atoms with Crippen LogP contribution < -0.4 is 15.4 Å². The quantitative estimate of drug-likeness (QED) is 0.774. The highest BCUT2D eigenvalue weighted by Gasteiger charge is 2.23. The van der Waals surface area contributed by atoms with Gasteiger partial charge in [-0.1, -0.05) is 30.3 Å². The number of carbonyl (C=O) groups is 3. The molecule has 7 nitrogen and oxygen atoms in total. The fraction of sp³-hybridized carbons (Fsp3) is 0.167. The third-order valence-corrected chi connectivity index (χ3v) is 3.79. The van der Waals surface area contributed by atoms with E-state index in [2.05, 4.69) is 10.6 Å². The fourth-order valence-corrected chi connectivity index (χ4v) is 2.59. The number of hydrogen-bond donors (Lipinski definition) is 3. The highest BCUT2D eigenvalue weighted by molar-refractivity contribution is 5.98. The van der Waals surface area contributed by atoms with E-state index >= 15 is 0 Å². The van der Waals surface area contributed by atoms with Crippen LogP contribution in [0.25, 0.3) is 0 Å². The number of ether oxygens (including phenoxy) is 1. The first kappa shape index (κ1) is 16.5. The van der Waals surface area contributed by atoms with Gasteiger partial charge in [-0.2, -0.15) is 0 Å². The Kier molecular flexibility index (Phi) is 4.65. The Labute approximate surface area is 143 Å². The first-order valence-electron chi connectivity index (χ1n) is 7.67. The highest BCUT2D eigenvalue weighted by Crippen LogP contribution is 2.30. The molecule has 25 heavy (non-hydrogen) atoms. The normalized spacial score (nSPS) is 13.8. The van der Waals surface area contributed by atoms with Gasteiger partial charge in [0.15, 0.2) is 6.61 Å². The van der Waals surface area contributed by atoms with Gasteiger partial charge in [0, 0.05) is 12.1 Å². The van der Waals surface area contributed by atoms with Crippen LogP contribution in [0, 0.1) is 0 Å². The van der Waals surface area contributed by atoms with Gasteiger partial charge in [0.25, 0.3) is 5.91 Å². The molecule has 3 N–H and O–H groups in total. The Bertz CT molecular complexity index is 819. The molecule has 0 aromatic heterocycles. The first-order valence-corrected chi connectivity index (χ1v) is 7.67. The SMILES string of the molecule is O=C(C[C@@H](C(=O)O)c1ccccc1)Nc1ccc2c(c1)NC(=O)CO2. The maximum atomic E-state index is 12.2. The molecule has 2 aromatic rings. The molecule has 1 aliphatic heterocycles. The molecule has 1 heterocycles. The Balaban J connectivity index is 1.70. The van der Waals surface area contributed by atoms with E-state index in [0.29, 0.717) is 22.7 Å². The molecule has 0 radical (unpaired) electrons. The number of carbonyl (C=O) groups excluding carboxylic acids is 2. The van der Waals surface area contributed by atoms with E-state index in [1.54, 1.807) is 48.5 Å². The van der Waals surface area contributed by atoms with Gasteiger partial charge in [-0.3, -0.25) is 14.4 Å². The number of hydrogen-bond acceptors (Lipinski definition) is 4. The molecule has 128 valence electrons. The number of carboxylic acids is 1. The molecule has 7 heteroatoms. The van der Waals surface area contributed by atoms with E-state index in [9.17, 15) is 19.5 Å². The molecule has 0 spiro atoms. The minimum Gasteiger partial charge on any atom is -0.482 e. The largest absolute Gasteiger partial charge is 0.482 e. The van der Waals surface area contributed by atoms with Crippen LogP contribution in [0.15, 0.2) is 48.5 Å². The molecule has 0 fully saturated rings. The van der Waals surface area contributed by atoms with Crippen molar-refractivity contribution in [3.05, 3.63) is 54.1 Å². The van der Waals surface area contributed by atoms with Crippen molar-refractivity contribution in [2.45, 2.75) is 12.3 Å². The second kappa shape index (κ2) is 7.04. The molecule has 0 bridgehead atoms. The van der Waals surface area contributed by atoms with Crippen LogP contribution in [0.4, 0.5) is 11.4 Å². The molecule has 0 saturated heterocycles. The molecular weight excluding hydrogens is 324 g/mol. The van der Waals surface area contributed by atoms with Crippen molar-refractivity contribution in [1.29, 1.82) is 0 Å². The van der Waals surface area contributed by atoms with Crippen LogP contribution in [0.5, 0.6) is 5.75 Å². The summed E-state index contributed by atoms with van der Waals surface area (Å²) in [5, 5.41) is 14.7. The summed E-state index contributed by atoms with van der Waals surface area (Å²) in [7, 11) is 0. The van der Waals surface area contributed by atoms with Crippen molar-refractivity contribution in [3.63, 3.8) is 0 Å². The average molecular weight is 340 g/mol. The highest BCUT2D eigenvalue weighted by atomic mass is 16.5. The third kappa shape index (κ3) is 3.95. The zero-order chi connectivity index (χ0) is 17.8. The summed E-state index contributed by atoms with van der Waals surface area (Å²) in [4.78, 5) is 35.1. The second-order valence-electron chi connectivity index (χ2n) is 5.60. The summed E-state index contributed by atoms with van der Waals surface area (Å²) in [5.74, 6) is -2.18. The molecule has 2 aromatic carbocycles. The standard InChI is InChI=1S/C18H16N2O5/c21-16(9-13(18(23)24)11-4-2-1-3-5-11)19-12-6-7-15-14(8-12)20-17(22)10-25-15/h1-8,13H,9-10H2,(H,19,21)(H,20,22)(H,23,24)/t13-/m1/s1. The molecule has 0 aliphatic carbocycles. The van der Waals surface area contributed by atoms with Gasteiger partial charge in [-0.25, -0.2) is 0 Å². The minimum atomic E-state index is -1.06. The summed E-state index contributed by atoms with van der Waals surface area (Å²) < 4.78 is 5.25. The van der Waals surface area contributed by atoms with Crippen molar-refractivity contribution in [2.75, 3.05) is 17.2 Å². The number of aliphatic carboxylic acids is 1. The number of carboxylic acid groups (broad SMARTS) is 1. The summed E-state index contributed by atoms with van der Waals surface area (Å²) in [6.45, 7) is -0.0456. The Morgan fingerprint density at radius 3 is 2.68 bits per heavy atom. The number of nitrogens with one attached hydrogen (secondary N) is 2. The lowest BCUT2D eigenvalue weighted by molar-refractivity contribution is -0.140. The molecule has 1 aliphatic rings. The molecule has 0 saturated carbocycles.